The van der Waals surface area contributed by atoms with E-state index in [0.29, 0.717) is 50.3 Å². The van der Waals surface area contributed by atoms with Crippen LogP contribution in [0.5, 0.6) is 5.75 Å². The van der Waals surface area contributed by atoms with Crippen LogP contribution in [-0.4, -0.2) is 85.2 Å². The third-order valence-electron chi connectivity index (χ3n) is 5.80. The van der Waals surface area contributed by atoms with Crippen LogP contribution in [0.2, 0.25) is 10.0 Å². The zero-order valence-corrected chi connectivity index (χ0v) is 24.5. The van der Waals surface area contributed by atoms with E-state index in [1.807, 2.05) is 20.8 Å². The maximum Gasteiger partial charge on any atom is 0.410 e. The molecule has 3 aromatic rings. The Hall–Kier alpha value is -3.26. The number of urea groups is 1. The summed E-state index contributed by atoms with van der Waals surface area (Å²) in [5.74, 6) is 0.172. The maximum atomic E-state index is 12.7. The first-order valence-corrected chi connectivity index (χ1v) is 14.6. The fourth-order valence-electron chi connectivity index (χ4n) is 3.95. The van der Waals surface area contributed by atoms with Crippen molar-refractivity contribution in [3.8, 4) is 5.75 Å². The molecule has 216 valence electrons. The van der Waals surface area contributed by atoms with E-state index in [1.54, 1.807) is 11.0 Å². The van der Waals surface area contributed by atoms with Gasteiger partial charge in [-0.25, -0.2) is 14.6 Å². The van der Waals surface area contributed by atoms with Crippen molar-refractivity contribution >= 4 is 62.4 Å². The minimum atomic E-state index is -4.30. The molecule has 1 aromatic heterocycles. The molecule has 1 aliphatic rings. The number of nitrogens with one attached hydrogen (secondary N) is 3. The van der Waals surface area contributed by atoms with E-state index in [4.69, 9.17) is 32.1 Å². The summed E-state index contributed by atoms with van der Waals surface area (Å²) in [6.45, 7) is 8.96. The largest absolute Gasteiger partial charge is 0.444 e. The number of anilines is 1. The van der Waals surface area contributed by atoms with Crippen molar-refractivity contribution in [1.29, 1.82) is 0 Å². The number of H-pyrrole nitrogens is 1. The number of hydrogen-bond acceptors (Lipinski definition) is 8. The Morgan fingerprint density at radius 3 is 2.40 bits per heavy atom. The fraction of sp³-hybridized carbons (Fsp3) is 0.400. The number of rotatable bonds is 7. The first-order chi connectivity index (χ1) is 18.8. The van der Waals surface area contributed by atoms with Gasteiger partial charge in [-0.1, -0.05) is 29.3 Å². The zero-order valence-electron chi connectivity index (χ0n) is 22.2. The van der Waals surface area contributed by atoms with Gasteiger partial charge >= 0.3 is 22.2 Å². The molecule has 4 rings (SSSR count). The Morgan fingerprint density at radius 1 is 1.07 bits per heavy atom. The van der Waals surface area contributed by atoms with Crippen molar-refractivity contribution in [1.82, 2.24) is 25.1 Å². The number of aromatic nitrogens is 2. The lowest BCUT2D eigenvalue weighted by Crippen LogP contribution is -2.51. The van der Waals surface area contributed by atoms with Crippen LogP contribution < -0.4 is 14.8 Å². The normalized spacial score (nSPS) is 14.7. The lowest BCUT2D eigenvalue weighted by Gasteiger charge is -2.35. The van der Waals surface area contributed by atoms with E-state index < -0.39 is 21.8 Å². The number of amides is 3. The summed E-state index contributed by atoms with van der Waals surface area (Å²) in [4.78, 5) is 35.3. The van der Waals surface area contributed by atoms with E-state index in [1.165, 1.54) is 30.3 Å². The van der Waals surface area contributed by atoms with Crippen LogP contribution >= 0.6 is 23.2 Å². The molecule has 40 heavy (non-hydrogen) atoms. The van der Waals surface area contributed by atoms with Crippen LogP contribution in [0.3, 0.4) is 0 Å². The minimum Gasteiger partial charge on any atom is -0.444 e. The van der Waals surface area contributed by atoms with E-state index in [2.05, 4.69) is 25.5 Å². The van der Waals surface area contributed by atoms with Crippen molar-refractivity contribution in [3.63, 3.8) is 0 Å². The Labute approximate surface area is 242 Å². The standard InChI is InChI=1S/C25H30Cl2N6O6S/c1-25(2,3)38-24(35)33-13-11-32(12-14-33)10-9-28-23(34)31-22-29-19-8-7-16(15-20(19)30-22)39-40(36,37)21-17(26)5-4-6-18(21)27/h4-8,15H,9-14H2,1-3H3,(H3,28,29,30,31,34). The predicted octanol–water partition coefficient (Wildman–Crippen LogP) is 4.31. The molecule has 0 spiro atoms. The summed E-state index contributed by atoms with van der Waals surface area (Å²) in [5.41, 5.74) is 0.392. The SMILES string of the molecule is CC(C)(C)OC(=O)N1CCN(CCNC(=O)Nc2nc3cc(OS(=O)(=O)c4c(Cl)cccc4Cl)ccc3[nH]2)CC1. The van der Waals surface area contributed by atoms with Gasteiger partial charge in [-0.2, -0.15) is 8.42 Å². The third kappa shape index (κ3) is 7.68. The number of hydrogen-bond donors (Lipinski definition) is 3. The van der Waals surface area contributed by atoms with Crippen molar-refractivity contribution < 1.29 is 26.9 Å². The molecule has 0 atom stereocenters. The Bertz CT molecular complexity index is 1480. The van der Waals surface area contributed by atoms with Gasteiger partial charge in [0.1, 0.15) is 16.2 Å². The summed E-state index contributed by atoms with van der Waals surface area (Å²) < 4.78 is 36.1. The summed E-state index contributed by atoms with van der Waals surface area (Å²) in [5, 5.41) is 5.27. The second kappa shape index (κ2) is 12.1. The lowest BCUT2D eigenvalue weighted by molar-refractivity contribution is 0.0147. The average Bonchev–Trinajstić information content (AvgIpc) is 3.24. The topological polar surface area (TPSA) is 146 Å². The Balaban J connectivity index is 1.26. The summed E-state index contributed by atoms with van der Waals surface area (Å²) in [7, 11) is -4.30. The van der Waals surface area contributed by atoms with Gasteiger partial charge < -0.3 is 24.1 Å². The highest BCUT2D eigenvalue weighted by Gasteiger charge is 2.26. The van der Waals surface area contributed by atoms with Gasteiger partial charge in [0.15, 0.2) is 0 Å². The first-order valence-electron chi connectivity index (χ1n) is 12.4. The Morgan fingerprint density at radius 2 is 1.75 bits per heavy atom. The van der Waals surface area contributed by atoms with Gasteiger partial charge in [0.05, 0.1) is 21.1 Å². The molecule has 1 fully saturated rings. The molecule has 0 bridgehead atoms. The van der Waals surface area contributed by atoms with Crippen LogP contribution in [0.4, 0.5) is 15.5 Å². The van der Waals surface area contributed by atoms with Gasteiger partial charge in [0.25, 0.3) is 0 Å². The van der Waals surface area contributed by atoms with E-state index >= 15 is 0 Å². The van der Waals surface area contributed by atoms with E-state index in [-0.39, 0.29) is 32.7 Å². The molecule has 0 saturated carbocycles. The quantitative estimate of drug-likeness (QED) is 0.334. The Kier molecular flexibility index (Phi) is 8.98. The number of nitrogens with zero attached hydrogens (tertiary/aromatic N) is 3. The lowest BCUT2D eigenvalue weighted by atomic mass is 10.2. The third-order valence-corrected chi connectivity index (χ3v) is 8.00. The molecule has 3 amide bonds. The van der Waals surface area contributed by atoms with Crippen molar-refractivity contribution in [3.05, 3.63) is 46.4 Å². The number of ether oxygens (including phenoxy) is 1. The van der Waals surface area contributed by atoms with Crippen molar-refractivity contribution in [2.45, 2.75) is 31.3 Å². The summed E-state index contributed by atoms with van der Waals surface area (Å²) in [6.07, 6.45) is -0.319. The monoisotopic (exact) mass is 612 g/mol. The highest BCUT2D eigenvalue weighted by Crippen LogP contribution is 2.32. The van der Waals surface area contributed by atoms with Crippen LogP contribution in [-0.2, 0) is 14.9 Å². The van der Waals surface area contributed by atoms with Gasteiger partial charge in [0, 0.05) is 45.3 Å². The molecule has 12 nitrogen and oxygen atoms in total. The molecule has 0 aliphatic carbocycles. The molecular formula is C25H30Cl2N6O6S. The number of fused-ring (bicyclic) bond motifs is 1. The van der Waals surface area contributed by atoms with Crippen molar-refractivity contribution in [2.24, 2.45) is 0 Å². The summed E-state index contributed by atoms with van der Waals surface area (Å²) in [6, 6.07) is 8.29. The maximum absolute atomic E-state index is 12.7. The second-order valence-electron chi connectivity index (χ2n) is 10.0. The second-order valence-corrected chi connectivity index (χ2v) is 12.3. The van der Waals surface area contributed by atoms with Gasteiger partial charge in [0.2, 0.25) is 5.95 Å². The number of aromatic amines is 1. The number of carbonyl (C=O) groups excluding carboxylic acids is 2. The zero-order chi connectivity index (χ0) is 29.1. The molecule has 0 unspecified atom stereocenters. The molecule has 3 N–H and O–H groups in total. The molecule has 2 aromatic carbocycles. The number of piperazine rings is 1. The van der Waals surface area contributed by atoms with Crippen LogP contribution in [0, 0.1) is 0 Å². The molecular weight excluding hydrogens is 583 g/mol. The van der Waals surface area contributed by atoms with Crippen LogP contribution in [0.25, 0.3) is 11.0 Å². The molecule has 15 heteroatoms. The van der Waals surface area contributed by atoms with E-state index in [9.17, 15) is 18.0 Å². The highest BCUT2D eigenvalue weighted by molar-refractivity contribution is 7.87. The first kappa shape index (κ1) is 29.7. The summed E-state index contributed by atoms with van der Waals surface area (Å²) >= 11 is 12.0. The number of halogens is 2. The van der Waals surface area contributed by atoms with E-state index in [0.717, 1.165) is 0 Å². The molecule has 0 radical (unpaired) electrons. The smallest absolute Gasteiger partial charge is 0.410 e. The van der Waals surface area contributed by atoms with Crippen LogP contribution in [0.1, 0.15) is 20.8 Å². The fourth-order valence-corrected chi connectivity index (χ4v) is 5.96. The molecule has 2 heterocycles. The van der Waals surface area contributed by atoms with Gasteiger partial charge in [-0.3, -0.25) is 10.2 Å². The van der Waals surface area contributed by atoms with Gasteiger partial charge in [-0.05, 0) is 45.0 Å². The predicted molar refractivity (Wildman–Crippen MR) is 152 cm³/mol. The number of carbonyl (C=O) groups is 2. The van der Waals surface area contributed by atoms with Crippen molar-refractivity contribution in [2.75, 3.05) is 44.6 Å². The minimum absolute atomic E-state index is 0.00208. The number of imidazole rings is 1. The number of benzene rings is 2. The highest BCUT2D eigenvalue weighted by atomic mass is 35.5. The molecule has 1 aliphatic heterocycles. The average molecular weight is 614 g/mol. The van der Waals surface area contributed by atoms with Gasteiger partial charge in [-0.15, -0.1) is 0 Å². The van der Waals surface area contributed by atoms with Crippen LogP contribution in [0.15, 0.2) is 41.3 Å². The molecule has 1 saturated heterocycles.